The fourth-order valence-electron chi connectivity index (χ4n) is 1.65. The summed E-state index contributed by atoms with van der Waals surface area (Å²) in [5.74, 6) is 0. The maximum absolute atomic E-state index is 12.2. The molecule has 0 amide bonds. The number of aromatic nitrogens is 1. The minimum Gasteiger partial charge on any atom is -0.320 e. The van der Waals surface area contributed by atoms with E-state index in [0.29, 0.717) is 6.54 Å². The number of nitrogens with zero attached hydrogens (tertiary/aromatic N) is 2. The summed E-state index contributed by atoms with van der Waals surface area (Å²) in [5, 5.41) is 3.80. The van der Waals surface area contributed by atoms with E-state index in [-0.39, 0.29) is 6.04 Å². The van der Waals surface area contributed by atoms with E-state index in [2.05, 4.69) is 21.9 Å². The van der Waals surface area contributed by atoms with Gasteiger partial charge in [0.2, 0.25) is 0 Å². The third kappa shape index (κ3) is 5.10. The second-order valence-electron chi connectivity index (χ2n) is 4.64. The molecule has 0 aromatic carbocycles. The molecule has 0 saturated heterocycles. The summed E-state index contributed by atoms with van der Waals surface area (Å²) < 4.78 is 28.3. The molecule has 1 rings (SSSR count). The maximum Gasteiger partial charge on any atom is 0.279 e. The largest absolute Gasteiger partial charge is 0.320 e. The number of hydrogen-bond acceptors (Lipinski definition) is 5. The van der Waals surface area contributed by atoms with Crippen LogP contribution in [0.2, 0.25) is 0 Å². The zero-order valence-electron chi connectivity index (χ0n) is 12.5. The lowest BCUT2D eigenvalue weighted by Gasteiger charge is -2.20. The van der Waals surface area contributed by atoms with Gasteiger partial charge in [-0.2, -0.15) is 17.4 Å². The van der Waals surface area contributed by atoms with E-state index >= 15 is 0 Å². The predicted octanol–water partition coefficient (Wildman–Crippen LogP) is 1.14. The summed E-state index contributed by atoms with van der Waals surface area (Å²) in [6.07, 6.45) is 3.50. The van der Waals surface area contributed by atoms with E-state index in [1.165, 1.54) is 4.31 Å². The summed E-state index contributed by atoms with van der Waals surface area (Å²) >= 11 is 1.55. The molecule has 8 heteroatoms. The van der Waals surface area contributed by atoms with Gasteiger partial charge in [0.1, 0.15) is 5.01 Å². The zero-order chi connectivity index (χ0) is 15.2. The molecular formula is C12H24N4O2S2. The lowest BCUT2D eigenvalue weighted by Crippen LogP contribution is -2.40. The Kier molecular flexibility index (Phi) is 7.04. The van der Waals surface area contributed by atoms with E-state index in [1.54, 1.807) is 24.6 Å². The predicted molar refractivity (Wildman–Crippen MR) is 83.1 cm³/mol. The Morgan fingerprint density at radius 3 is 2.75 bits per heavy atom. The molecule has 0 saturated carbocycles. The van der Waals surface area contributed by atoms with Crippen LogP contribution in [-0.2, 0) is 16.6 Å². The van der Waals surface area contributed by atoms with Gasteiger partial charge in [-0.3, -0.25) is 0 Å². The van der Waals surface area contributed by atoms with Gasteiger partial charge < -0.3 is 5.32 Å². The molecule has 0 radical (unpaired) electrons. The first kappa shape index (κ1) is 17.5. The summed E-state index contributed by atoms with van der Waals surface area (Å²) in [7, 11) is -0.0262. The van der Waals surface area contributed by atoms with Gasteiger partial charge in [0, 0.05) is 24.7 Å². The summed E-state index contributed by atoms with van der Waals surface area (Å²) in [5.41, 5.74) is 0. The smallest absolute Gasteiger partial charge is 0.279 e. The Labute approximate surface area is 125 Å². The average Bonchev–Trinajstić information content (AvgIpc) is 2.87. The van der Waals surface area contributed by atoms with Crippen molar-refractivity contribution in [3.8, 4) is 0 Å². The van der Waals surface area contributed by atoms with Crippen LogP contribution in [0.15, 0.2) is 6.20 Å². The first-order valence-electron chi connectivity index (χ1n) is 6.73. The summed E-state index contributed by atoms with van der Waals surface area (Å²) in [6, 6.07) is -0.308. The second-order valence-corrected chi connectivity index (χ2v) is 7.60. The van der Waals surface area contributed by atoms with Gasteiger partial charge in [-0.1, -0.05) is 6.92 Å². The highest BCUT2D eigenvalue weighted by molar-refractivity contribution is 7.87. The molecule has 1 heterocycles. The molecule has 1 aromatic heterocycles. The van der Waals surface area contributed by atoms with Crippen LogP contribution in [0.4, 0.5) is 0 Å². The third-order valence-corrected chi connectivity index (χ3v) is 5.91. The molecule has 2 N–H and O–H groups in total. The standard InChI is InChI=1S/C12H24N4O2S2/c1-5-11-9-14-12(19-11)10(2)15-20(17,18)16(4)8-6-7-13-3/h9-10,13,15H,5-8H2,1-4H3. The molecule has 1 unspecified atom stereocenters. The van der Waals surface area contributed by atoms with Crippen LogP contribution in [-0.4, -0.2) is 44.9 Å². The van der Waals surface area contributed by atoms with Crippen LogP contribution in [0.5, 0.6) is 0 Å². The molecule has 20 heavy (non-hydrogen) atoms. The maximum atomic E-state index is 12.2. The Bertz CT molecular complexity index is 501. The lowest BCUT2D eigenvalue weighted by atomic mass is 10.4. The van der Waals surface area contributed by atoms with Crippen LogP contribution >= 0.6 is 11.3 Å². The van der Waals surface area contributed by atoms with Gasteiger partial charge in [0.05, 0.1) is 6.04 Å². The average molecular weight is 320 g/mol. The first-order chi connectivity index (χ1) is 9.40. The molecule has 1 atom stereocenters. The lowest BCUT2D eigenvalue weighted by molar-refractivity contribution is 0.441. The highest BCUT2D eigenvalue weighted by atomic mass is 32.2. The van der Waals surface area contributed by atoms with Crippen molar-refractivity contribution in [2.45, 2.75) is 32.7 Å². The minimum absolute atomic E-state index is 0.308. The van der Waals surface area contributed by atoms with Crippen LogP contribution in [0.1, 0.15) is 36.2 Å². The number of hydrogen-bond donors (Lipinski definition) is 2. The van der Waals surface area contributed by atoms with E-state index in [1.807, 2.05) is 14.0 Å². The quantitative estimate of drug-likeness (QED) is 0.669. The van der Waals surface area contributed by atoms with Crippen LogP contribution in [0.25, 0.3) is 0 Å². The Hall–Kier alpha value is -0.540. The second kappa shape index (κ2) is 8.04. The zero-order valence-corrected chi connectivity index (χ0v) is 14.1. The molecule has 0 aliphatic carbocycles. The van der Waals surface area contributed by atoms with Crippen LogP contribution in [0.3, 0.4) is 0 Å². The molecule has 0 fully saturated rings. The Morgan fingerprint density at radius 1 is 1.50 bits per heavy atom. The molecule has 0 aliphatic rings. The number of thiazole rings is 1. The van der Waals surface area contributed by atoms with E-state index < -0.39 is 10.2 Å². The number of aryl methyl sites for hydroxylation is 1. The van der Waals surface area contributed by atoms with Gasteiger partial charge in [0.15, 0.2) is 0 Å². The Morgan fingerprint density at radius 2 is 2.20 bits per heavy atom. The SMILES string of the molecule is CCc1cnc(C(C)NS(=O)(=O)N(C)CCCNC)s1. The minimum atomic E-state index is -3.46. The topological polar surface area (TPSA) is 74.3 Å². The van der Waals surface area contributed by atoms with Crippen molar-refractivity contribution < 1.29 is 8.42 Å². The van der Waals surface area contributed by atoms with Gasteiger partial charge in [-0.15, -0.1) is 11.3 Å². The Balaban J connectivity index is 2.60. The summed E-state index contributed by atoms with van der Waals surface area (Å²) in [6.45, 7) is 5.15. The van der Waals surface area contributed by atoms with E-state index in [9.17, 15) is 8.42 Å². The van der Waals surface area contributed by atoms with Crippen LogP contribution < -0.4 is 10.0 Å². The van der Waals surface area contributed by atoms with E-state index in [4.69, 9.17) is 0 Å². The number of rotatable bonds is 9. The van der Waals surface area contributed by atoms with Crippen molar-refractivity contribution in [2.75, 3.05) is 27.2 Å². The molecule has 0 aliphatic heterocycles. The molecule has 6 nitrogen and oxygen atoms in total. The monoisotopic (exact) mass is 320 g/mol. The molecule has 0 bridgehead atoms. The highest BCUT2D eigenvalue weighted by Gasteiger charge is 2.22. The van der Waals surface area contributed by atoms with Crippen molar-refractivity contribution in [2.24, 2.45) is 0 Å². The van der Waals surface area contributed by atoms with Crippen molar-refractivity contribution in [1.29, 1.82) is 0 Å². The van der Waals surface area contributed by atoms with Gasteiger partial charge in [-0.05, 0) is 33.4 Å². The van der Waals surface area contributed by atoms with Crippen LogP contribution in [0, 0.1) is 0 Å². The van der Waals surface area contributed by atoms with Crippen molar-refractivity contribution in [3.05, 3.63) is 16.1 Å². The van der Waals surface area contributed by atoms with E-state index in [0.717, 1.165) is 29.3 Å². The normalized spacial score (nSPS) is 13.8. The molecular weight excluding hydrogens is 296 g/mol. The third-order valence-electron chi connectivity index (χ3n) is 2.93. The fraction of sp³-hybridized carbons (Fsp3) is 0.750. The number of nitrogens with one attached hydrogen (secondary N) is 2. The van der Waals surface area contributed by atoms with Gasteiger partial charge in [-0.25, -0.2) is 4.98 Å². The van der Waals surface area contributed by atoms with Gasteiger partial charge in [0.25, 0.3) is 10.2 Å². The van der Waals surface area contributed by atoms with Gasteiger partial charge >= 0.3 is 0 Å². The fourth-order valence-corrected chi connectivity index (χ4v) is 3.69. The van der Waals surface area contributed by atoms with Crippen molar-refractivity contribution in [1.82, 2.24) is 19.3 Å². The first-order valence-corrected chi connectivity index (χ1v) is 8.99. The molecule has 0 spiro atoms. The highest BCUT2D eigenvalue weighted by Crippen LogP contribution is 2.21. The van der Waals surface area contributed by atoms with Crippen molar-refractivity contribution in [3.63, 3.8) is 0 Å². The molecule has 116 valence electrons. The van der Waals surface area contributed by atoms with Crippen molar-refractivity contribution >= 4 is 21.5 Å². The molecule has 1 aromatic rings. The summed E-state index contributed by atoms with van der Waals surface area (Å²) in [4.78, 5) is 5.43.